The Morgan fingerprint density at radius 3 is 2.54 bits per heavy atom. The highest BCUT2D eigenvalue weighted by molar-refractivity contribution is 5.76. The normalized spacial score (nSPS) is 19.2. The highest BCUT2D eigenvalue weighted by Gasteiger charge is 2.36. The molecular weight excluding hydrogens is 372 g/mol. The van der Waals surface area contributed by atoms with E-state index in [-0.39, 0.29) is 47.7 Å². The Balaban J connectivity index is 2.24. The van der Waals surface area contributed by atoms with Gasteiger partial charge in [-0.25, -0.2) is 0 Å². The van der Waals surface area contributed by atoms with Crippen molar-refractivity contribution in [2.75, 3.05) is 20.3 Å². The first-order valence-electron chi connectivity index (χ1n) is 9.26. The SMILES string of the molecule is COC(=O)C[C@H]1C[C@@H](c2ccc(OC(F)F)c(OCC(C)C)c2)CN1C(C)=O. The van der Waals surface area contributed by atoms with Crippen LogP contribution in [0.15, 0.2) is 18.2 Å². The molecule has 1 saturated heterocycles. The van der Waals surface area contributed by atoms with Crippen molar-refractivity contribution in [1.82, 2.24) is 4.90 Å². The van der Waals surface area contributed by atoms with E-state index in [1.54, 1.807) is 17.0 Å². The highest BCUT2D eigenvalue weighted by Crippen LogP contribution is 2.38. The molecule has 1 aliphatic heterocycles. The van der Waals surface area contributed by atoms with Gasteiger partial charge in [0.1, 0.15) is 0 Å². The predicted octanol–water partition coefficient (Wildman–Crippen LogP) is 3.59. The molecule has 0 unspecified atom stereocenters. The lowest BCUT2D eigenvalue weighted by Crippen LogP contribution is -2.35. The Morgan fingerprint density at radius 2 is 1.96 bits per heavy atom. The van der Waals surface area contributed by atoms with Crippen LogP contribution in [0.25, 0.3) is 0 Å². The van der Waals surface area contributed by atoms with Gasteiger partial charge in [-0.05, 0) is 30.0 Å². The number of halogens is 2. The van der Waals surface area contributed by atoms with Crippen molar-refractivity contribution < 1.29 is 32.6 Å². The lowest BCUT2D eigenvalue weighted by Gasteiger charge is -2.22. The second kappa shape index (κ2) is 9.71. The molecule has 1 heterocycles. The first-order valence-corrected chi connectivity index (χ1v) is 9.26. The first kappa shape index (κ1) is 21.9. The molecule has 0 bridgehead atoms. The van der Waals surface area contributed by atoms with E-state index < -0.39 is 6.61 Å². The van der Waals surface area contributed by atoms with Gasteiger partial charge in [0.2, 0.25) is 5.91 Å². The second-order valence-corrected chi connectivity index (χ2v) is 7.33. The zero-order valence-electron chi connectivity index (χ0n) is 16.6. The number of likely N-dealkylation sites (tertiary alicyclic amines) is 1. The van der Waals surface area contributed by atoms with Gasteiger partial charge in [0.15, 0.2) is 11.5 Å². The maximum atomic E-state index is 12.7. The van der Waals surface area contributed by atoms with Gasteiger partial charge in [-0.15, -0.1) is 0 Å². The predicted molar refractivity (Wildman–Crippen MR) is 98.6 cm³/mol. The zero-order chi connectivity index (χ0) is 20.8. The summed E-state index contributed by atoms with van der Waals surface area (Å²) in [4.78, 5) is 25.3. The van der Waals surface area contributed by atoms with Gasteiger partial charge in [-0.3, -0.25) is 9.59 Å². The number of amides is 1. The number of hydrogen-bond donors (Lipinski definition) is 0. The van der Waals surface area contributed by atoms with E-state index in [0.717, 1.165) is 5.56 Å². The molecule has 28 heavy (non-hydrogen) atoms. The monoisotopic (exact) mass is 399 g/mol. The summed E-state index contributed by atoms with van der Waals surface area (Å²) in [6.45, 7) is 3.22. The number of carbonyl (C=O) groups is 2. The Bertz CT molecular complexity index is 695. The van der Waals surface area contributed by atoms with Crippen LogP contribution in [-0.2, 0) is 14.3 Å². The fourth-order valence-corrected chi connectivity index (χ4v) is 3.35. The van der Waals surface area contributed by atoms with E-state index >= 15 is 0 Å². The Labute approximate surface area is 163 Å². The van der Waals surface area contributed by atoms with Crippen LogP contribution in [0.5, 0.6) is 11.5 Å². The molecule has 0 saturated carbocycles. The molecular formula is C20H27F2NO5. The molecule has 0 N–H and O–H groups in total. The van der Waals surface area contributed by atoms with E-state index in [2.05, 4.69) is 4.74 Å². The smallest absolute Gasteiger partial charge is 0.387 e. The third kappa shape index (κ3) is 5.81. The number of alkyl halides is 2. The van der Waals surface area contributed by atoms with Crippen LogP contribution in [0, 0.1) is 5.92 Å². The van der Waals surface area contributed by atoms with Crippen molar-refractivity contribution in [3.8, 4) is 11.5 Å². The number of carbonyl (C=O) groups excluding carboxylic acids is 2. The van der Waals surface area contributed by atoms with E-state index in [0.29, 0.717) is 19.6 Å². The number of benzene rings is 1. The Hall–Kier alpha value is -2.38. The van der Waals surface area contributed by atoms with Gasteiger partial charge in [-0.1, -0.05) is 19.9 Å². The van der Waals surface area contributed by atoms with Gasteiger partial charge in [-0.2, -0.15) is 8.78 Å². The molecule has 2 atom stereocenters. The van der Waals surface area contributed by atoms with Crippen LogP contribution in [0.3, 0.4) is 0 Å². The topological polar surface area (TPSA) is 65.1 Å². The summed E-state index contributed by atoms with van der Waals surface area (Å²) in [5.74, 6) is -0.0965. The van der Waals surface area contributed by atoms with Crippen molar-refractivity contribution in [2.24, 2.45) is 5.92 Å². The molecule has 1 aromatic carbocycles. The quantitative estimate of drug-likeness (QED) is 0.625. The van der Waals surface area contributed by atoms with Gasteiger partial charge < -0.3 is 19.1 Å². The number of hydrogen-bond acceptors (Lipinski definition) is 5. The summed E-state index contributed by atoms with van der Waals surface area (Å²) >= 11 is 0. The number of esters is 1. The van der Waals surface area contributed by atoms with E-state index in [9.17, 15) is 18.4 Å². The summed E-state index contributed by atoms with van der Waals surface area (Å²) in [7, 11) is 1.31. The molecule has 1 amide bonds. The van der Waals surface area contributed by atoms with Crippen LogP contribution < -0.4 is 9.47 Å². The van der Waals surface area contributed by atoms with Crippen molar-refractivity contribution in [3.63, 3.8) is 0 Å². The average molecular weight is 399 g/mol. The molecule has 0 aliphatic carbocycles. The van der Waals surface area contributed by atoms with E-state index in [1.165, 1.54) is 20.1 Å². The van der Waals surface area contributed by atoms with Crippen molar-refractivity contribution in [2.45, 2.75) is 52.2 Å². The Kier molecular flexibility index (Phi) is 7.60. The highest BCUT2D eigenvalue weighted by atomic mass is 19.3. The minimum absolute atomic E-state index is 0.0214. The molecule has 0 radical (unpaired) electrons. The summed E-state index contributed by atoms with van der Waals surface area (Å²) < 4.78 is 40.3. The standard InChI is InChI=1S/C20H27F2NO5/c1-12(2)11-27-18-8-14(5-6-17(18)28-20(21)22)15-7-16(9-19(25)26-4)23(10-15)13(3)24/h5-6,8,12,15-16,20H,7,9-11H2,1-4H3/t15-,16-/m1/s1. The second-order valence-electron chi connectivity index (χ2n) is 7.33. The molecule has 6 nitrogen and oxygen atoms in total. The third-order valence-corrected chi connectivity index (χ3v) is 4.68. The average Bonchev–Trinajstić information content (AvgIpc) is 3.04. The van der Waals surface area contributed by atoms with Crippen LogP contribution in [0.1, 0.15) is 45.1 Å². The van der Waals surface area contributed by atoms with Gasteiger partial charge >= 0.3 is 12.6 Å². The molecule has 1 aromatic rings. The molecule has 156 valence electrons. The van der Waals surface area contributed by atoms with Crippen LogP contribution in [0.4, 0.5) is 8.78 Å². The van der Waals surface area contributed by atoms with Gasteiger partial charge in [0.05, 0.1) is 20.1 Å². The molecule has 1 aliphatic rings. The summed E-state index contributed by atoms with van der Waals surface area (Å²) in [5.41, 5.74) is 0.846. The van der Waals surface area contributed by atoms with Crippen LogP contribution in [-0.4, -0.2) is 49.7 Å². The number of rotatable bonds is 8. The summed E-state index contributed by atoms with van der Waals surface area (Å²) in [6, 6.07) is 4.59. The lowest BCUT2D eigenvalue weighted by atomic mass is 9.95. The molecule has 8 heteroatoms. The van der Waals surface area contributed by atoms with Crippen LogP contribution in [0.2, 0.25) is 0 Å². The molecule has 0 spiro atoms. The molecule has 2 rings (SSSR count). The van der Waals surface area contributed by atoms with E-state index in [1.807, 2.05) is 13.8 Å². The Morgan fingerprint density at radius 1 is 1.25 bits per heavy atom. The third-order valence-electron chi connectivity index (χ3n) is 4.68. The van der Waals surface area contributed by atoms with E-state index in [4.69, 9.17) is 9.47 Å². The maximum absolute atomic E-state index is 12.7. The maximum Gasteiger partial charge on any atom is 0.387 e. The number of nitrogens with zero attached hydrogens (tertiary/aromatic N) is 1. The van der Waals surface area contributed by atoms with Gasteiger partial charge in [0, 0.05) is 25.4 Å². The van der Waals surface area contributed by atoms with Crippen LogP contribution >= 0.6 is 0 Å². The first-order chi connectivity index (χ1) is 13.2. The van der Waals surface area contributed by atoms with Crippen molar-refractivity contribution in [1.29, 1.82) is 0 Å². The lowest BCUT2D eigenvalue weighted by molar-refractivity contribution is -0.142. The van der Waals surface area contributed by atoms with Crippen molar-refractivity contribution >= 4 is 11.9 Å². The number of methoxy groups -OCH3 is 1. The summed E-state index contributed by atoms with van der Waals surface area (Å²) in [5, 5.41) is 0. The minimum Gasteiger partial charge on any atom is -0.489 e. The fourth-order valence-electron chi connectivity index (χ4n) is 3.35. The number of ether oxygens (including phenoxy) is 3. The minimum atomic E-state index is -2.95. The zero-order valence-corrected chi connectivity index (χ0v) is 16.6. The summed E-state index contributed by atoms with van der Waals surface area (Å²) in [6.07, 6.45) is 0.698. The molecule has 1 fully saturated rings. The van der Waals surface area contributed by atoms with Gasteiger partial charge in [0.25, 0.3) is 0 Å². The largest absolute Gasteiger partial charge is 0.489 e. The fraction of sp³-hybridized carbons (Fsp3) is 0.600. The van der Waals surface area contributed by atoms with Crippen molar-refractivity contribution in [3.05, 3.63) is 23.8 Å². The molecule has 0 aromatic heterocycles.